The van der Waals surface area contributed by atoms with Crippen LogP contribution in [0.15, 0.2) is 53.0 Å². The van der Waals surface area contributed by atoms with Crippen LogP contribution < -0.4 is 10.1 Å². The van der Waals surface area contributed by atoms with Crippen molar-refractivity contribution in [2.24, 2.45) is 5.92 Å². The largest absolute Gasteiger partial charge is 0.457 e. The van der Waals surface area contributed by atoms with Crippen LogP contribution in [0.4, 0.5) is 0 Å². The van der Waals surface area contributed by atoms with Crippen LogP contribution in [0.25, 0.3) is 0 Å². The molecule has 5 heteroatoms. The number of carbonyl (C=O) groups excluding carboxylic acids is 1. The Balaban J connectivity index is 1.67. The molecule has 0 bridgehead atoms. The second-order valence-corrected chi connectivity index (χ2v) is 6.69. The molecule has 1 aliphatic heterocycles. The minimum Gasteiger partial charge on any atom is -0.457 e. The number of hydrogen-bond donors (Lipinski definition) is 1. The van der Waals surface area contributed by atoms with Gasteiger partial charge in [-0.1, -0.05) is 40.2 Å². The minimum absolute atomic E-state index is 0.0488. The van der Waals surface area contributed by atoms with E-state index in [2.05, 4.69) is 21.2 Å². The van der Waals surface area contributed by atoms with E-state index < -0.39 is 0 Å². The van der Waals surface area contributed by atoms with Crippen LogP contribution in [0.3, 0.4) is 0 Å². The fourth-order valence-electron chi connectivity index (χ4n) is 2.67. The number of halogens is 1. The van der Waals surface area contributed by atoms with Crippen molar-refractivity contribution in [3.63, 3.8) is 0 Å². The summed E-state index contributed by atoms with van der Waals surface area (Å²) in [5.74, 6) is 1.65. The molecule has 4 nitrogen and oxygen atoms in total. The fourth-order valence-corrected chi connectivity index (χ4v) is 3.01. The average Bonchev–Trinajstić information content (AvgIpc) is 2.62. The Kier molecular flexibility index (Phi) is 5.88. The van der Waals surface area contributed by atoms with E-state index in [0.717, 1.165) is 34.4 Å². The predicted octanol–water partition coefficient (Wildman–Crippen LogP) is 4.28. The lowest BCUT2D eigenvalue weighted by Crippen LogP contribution is -2.33. The summed E-state index contributed by atoms with van der Waals surface area (Å²) in [4.78, 5) is 12.3. The van der Waals surface area contributed by atoms with Crippen LogP contribution in [-0.4, -0.2) is 19.1 Å². The summed E-state index contributed by atoms with van der Waals surface area (Å²) in [6.45, 7) is 1.78. The molecule has 2 aromatic rings. The molecule has 0 aromatic heterocycles. The van der Waals surface area contributed by atoms with E-state index in [1.807, 2.05) is 48.5 Å². The first-order valence-electron chi connectivity index (χ1n) is 8.09. The Bertz CT molecular complexity index is 684. The van der Waals surface area contributed by atoms with E-state index >= 15 is 0 Å². The van der Waals surface area contributed by atoms with Crippen molar-refractivity contribution >= 4 is 21.8 Å². The Morgan fingerprint density at radius 1 is 1.17 bits per heavy atom. The summed E-state index contributed by atoms with van der Waals surface area (Å²) in [6, 6.07) is 15.5. The highest BCUT2D eigenvalue weighted by Gasteiger charge is 2.21. The van der Waals surface area contributed by atoms with E-state index in [0.29, 0.717) is 19.8 Å². The maximum Gasteiger partial charge on any atom is 0.223 e. The third-order valence-electron chi connectivity index (χ3n) is 4.05. The SMILES string of the molecule is O=C(NCc1ccc(Br)cc1Oc1ccccc1)C1CCOCC1. The minimum atomic E-state index is 0.0488. The molecule has 1 heterocycles. The molecule has 0 unspecified atom stereocenters. The van der Waals surface area contributed by atoms with Gasteiger partial charge in [0.05, 0.1) is 0 Å². The standard InChI is InChI=1S/C19H20BrNO3/c20-16-7-6-15(13-21-19(22)14-8-10-23-11-9-14)18(12-16)24-17-4-2-1-3-5-17/h1-7,12,14H,8-11,13H2,(H,21,22). The molecule has 1 amide bonds. The quantitative estimate of drug-likeness (QED) is 0.829. The lowest BCUT2D eigenvalue weighted by molar-refractivity contribution is -0.128. The number of para-hydroxylation sites is 1. The summed E-state index contributed by atoms with van der Waals surface area (Å²) < 4.78 is 12.2. The lowest BCUT2D eigenvalue weighted by atomic mass is 9.99. The fraction of sp³-hybridized carbons (Fsp3) is 0.316. The second-order valence-electron chi connectivity index (χ2n) is 5.77. The van der Waals surface area contributed by atoms with Gasteiger partial charge in [-0.2, -0.15) is 0 Å². The monoisotopic (exact) mass is 389 g/mol. The van der Waals surface area contributed by atoms with Gasteiger partial charge in [-0.15, -0.1) is 0 Å². The zero-order valence-corrected chi connectivity index (χ0v) is 14.9. The smallest absolute Gasteiger partial charge is 0.223 e. The van der Waals surface area contributed by atoms with Gasteiger partial charge in [0.25, 0.3) is 0 Å². The summed E-state index contributed by atoms with van der Waals surface area (Å²) in [6.07, 6.45) is 1.58. The van der Waals surface area contributed by atoms with Crippen LogP contribution in [0, 0.1) is 5.92 Å². The molecule has 0 atom stereocenters. The van der Waals surface area contributed by atoms with Gasteiger partial charge < -0.3 is 14.8 Å². The van der Waals surface area contributed by atoms with E-state index in [-0.39, 0.29) is 11.8 Å². The van der Waals surface area contributed by atoms with Crippen molar-refractivity contribution in [1.82, 2.24) is 5.32 Å². The van der Waals surface area contributed by atoms with Gasteiger partial charge in [0.1, 0.15) is 11.5 Å². The number of nitrogens with one attached hydrogen (secondary N) is 1. The van der Waals surface area contributed by atoms with Gasteiger partial charge in [0.2, 0.25) is 5.91 Å². The normalized spacial score (nSPS) is 15.0. The lowest BCUT2D eigenvalue weighted by Gasteiger charge is -2.21. The molecule has 1 fully saturated rings. The van der Waals surface area contributed by atoms with Gasteiger partial charge in [-0.3, -0.25) is 4.79 Å². The van der Waals surface area contributed by atoms with Crippen LogP contribution >= 0.6 is 15.9 Å². The van der Waals surface area contributed by atoms with Crippen molar-refractivity contribution in [1.29, 1.82) is 0 Å². The van der Waals surface area contributed by atoms with E-state index in [4.69, 9.17) is 9.47 Å². The molecule has 126 valence electrons. The molecule has 0 radical (unpaired) electrons. The van der Waals surface area contributed by atoms with Crippen LogP contribution in [-0.2, 0) is 16.1 Å². The Labute approximate surface area is 150 Å². The predicted molar refractivity (Wildman–Crippen MR) is 96.0 cm³/mol. The Morgan fingerprint density at radius 3 is 2.67 bits per heavy atom. The number of hydrogen-bond acceptors (Lipinski definition) is 3. The van der Waals surface area contributed by atoms with Crippen molar-refractivity contribution in [2.45, 2.75) is 19.4 Å². The van der Waals surface area contributed by atoms with Crippen molar-refractivity contribution < 1.29 is 14.3 Å². The molecule has 1 saturated heterocycles. The van der Waals surface area contributed by atoms with Crippen LogP contribution in [0.5, 0.6) is 11.5 Å². The molecular weight excluding hydrogens is 370 g/mol. The molecular formula is C19H20BrNO3. The molecule has 3 rings (SSSR count). The van der Waals surface area contributed by atoms with Crippen LogP contribution in [0.1, 0.15) is 18.4 Å². The van der Waals surface area contributed by atoms with Gasteiger partial charge in [0.15, 0.2) is 0 Å². The summed E-state index contributed by atoms with van der Waals surface area (Å²) in [5.41, 5.74) is 0.947. The topological polar surface area (TPSA) is 47.6 Å². The van der Waals surface area contributed by atoms with E-state index in [1.165, 1.54) is 0 Å². The highest BCUT2D eigenvalue weighted by Crippen LogP contribution is 2.28. The molecule has 1 aliphatic rings. The Hall–Kier alpha value is -1.85. The average molecular weight is 390 g/mol. The maximum absolute atomic E-state index is 12.3. The number of benzene rings is 2. The van der Waals surface area contributed by atoms with Gasteiger partial charge >= 0.3 is 0 Å². The summed E-state index contributed by atoms with van der Waals surface area (Å²) in [7, 11) is 0. The number of carbonyl (C=O) groups is 1. The zero-order valence-electron chi connectivity index (χ0n) is 13.3. The van der Waals surface area contributed by atoms with Gasteiger partial charge in [-0.05, 0) is 37.1 Å². The van der Waals surface area contributed by atoms with E-state index in [1.54, 1.807) is 0 Å². The molecule has 1 N–H and O–H groups in total. The third-order valence-corrected chi connectivity index (χ3v) is 4.54. The maximum atomic E-state index is 12.3. The second kappa shape index (κ2) is 8.31. The van der Waals surface area contributed by atoms with Crippen LogP contribution in [0.2, 0.25) is 0 Å². The number of ether oxygens (including phenoxy) is 2. The third kappa shape index (κ3) is 4.58. The molecule has 0 saturated carbocycles. The first-order chi connectivity index (χ1) is 11.7. The van der Waals surface area contributed by atoms with Crippen molar-refractivity contribution in [3.8, 4) is 11.5 Å². The molecule has 0 aliphatic carbocycles. The first kappa shape index (κ1) is 17.0. The summed E-state index contributed by atoms with van der Waals surface area (Å²) >= 11 is 3.47. The first-order valence-corrected chi connectivity index (χ1v) is 8.88. The molecule has 2 aromatic carbocycles. The van der Waals surface area contributed by atoms with Crippen molar-refractivity contribution in [3.05, 3.63) is 58.6 Å². The summed E-state index contributed by atoms with van der Waals surface area (Å²) in [5, 5.41) is 3.02. The molecule has 24 heavy (non-hydrogen) atoms. The Morgan fingerprint density at radius 2 is 1.92 bits per heavy atom. The highest BCUT2D eigenvalue weighted by molar-refractivity contribution is 9.10. The molecule has 0 spiro atoms. The number of amides is 1. The van der Waals surface area contributed by atoms with Crippen molar-refractivity contribution in [2.75, 3.05) is 13.2 Å². The number of rotatable bonds is 5. The van der Waals surface area contributed by atoms with Gasteiger partial charge in [-0.25, -0.2) is 0 Å². The van der Waals surface area contributed by atoms with E-state index in [9.17, 15) is 4.79 Å². The van der Waals surface area contributed by atoms with Gasteiger partial charge in [0, 0.05) is 35.7 Å². The zero-order chi connectivity index (χ0) is 16.8. The highest BCUT2D eigenvalue weighted by atomic mass is 79.9.